The average molecular weight is 416 g/mol. The average Bonchev–Trinajstić information content (AvgIpc) is 2.86. The van der Waals surface area contributed by atoms with E-state index in [-0.39, 0.29) is 33.3 Å². The van der Waals surface area contributed by atoms with Gasteiger partial charge in [0.25, 0.3) is 0 Å². The largest absolute Gasteiger partial charge is 0.353 e. The Morgan fingerprint density at radius 1 is 1.28 bits per heavy atom. The first-order valence-electron chi connectivity index (χ1n) is 9.86. The van der Waals surface area contributed by atoms with Crippen LogP contribution in [0.1, 0.15) is 45.6 Å². The predicted molar refractivity (Wildman–Crippen MR) is 115 cm³/mol. The maximum Gasteiger partial charge on any atom is 0.353 e. The number of hydrogen-bond donors (Lipinski definition) is 1. The molecule has 29 heavy (non-hydrogen) atoms. The van der Waals surface area contributed by atoms with Gasteiger partial charge in [0.1, 0.15) is 6.33 Å². The molecule has 154 valence electrons. The van der Waals surface area contributed by atoms with Gasteiger partial charge in [-0.05, 0) is 54.7 Å². The molecule has 0 amide bonds. The molecular weight excluding hydrogens is 390 g/mol. The molecular formula is C21H26ClN5O2. The van der Waals surface area contributed by atoms with Crippen molar-refractivity contribution < 1.29 is 4.92 Å². The number of halogens is 1. The molecule has 1 aliphatic carbocycles. The molecule has 1 aliphatic heterocycles. The highest BCUT2D eigenvalue weighted by Gasteiger charge is 2.51. The van der Waals surface area contributed by atoms with Gasteiger partial charge in [0.2, 0.25) is 11.6 Å². The monoisotopic (exact) mass is 415 g/mol. The minimum atomic E-state index is -0.382. The third kappa shape index (κ3) is 3.75. The van der Waals surface area contributed by atoms with E-state index in [1.807, 2.05) is 13.0 Å². The summed E-state index contributed by atoms with van der Waals surface area (Å²) in [6.45, 7) is 9.53. The van der Waals surface area contributed by atoms with Crippen molar-refractivity contribution >= 4 is 34.6 Å². The highest BCUT2D eigenvalue weighted by atomic mass is 35.5. The highest BCUT2D eigenvalue weighted by Crippen LogP contribution is 2.54. The minimum Gasteiger partial charge on any atom is -0.347 e. The number of aryl methyl sites for hydroxylation is 1. The Labute approximate surface area is 175 Å². The van der Waals surface area contributed by atoms with Crippen LogP contribution in [0.2, 0.25) is 5.02 Å². The number of nitro groups is 1. The first-order chi connectivity index (χ1) is 13.6. The Morgan fingerprint density at radius 2 is 2.03 bits per heavy atom. The molecule has 2 fully saturated rings. The van der Waals surface area contributed by atoms with Crippen molar-refractivity contribution in [2.24, 2.45) is 10.8 Å². The molecule has 2 heterocycles. The fourth-order valence-electron chi connectivity index (χ4n) is 5.40. The summed E-state index contributed by atoms with van der Waals surface area (Å²) in [4.78, 5) is 22.4. The highest BCUT2D eigenvalue weighted by molar-refractivity contribution is 6.30. The third-order valence-electron chi connectivity index (χ3n) is 6.13. The van der Waals surface area contributed by atoms with Crippen LogP contribution in [0.4, 0.5) is 23.0 Å². The number of anilines is 3. The lowest BCUT2D eigenvalue weighted by Gasteiger charge is -2.39. The van der Waals surface area contributed by atoms with Gasteiger partial charge in [-0.1, -0.05) is 38.4 Å². The van der Waals surface area contributed by atoms with Gasteiger partial charge in [0.05, 0.1) is 4.92 Å². The molecule has 1 aromatic carbocycles. The maximum atomic E-state index is 12.1. The van der Waals surface area contributed by atoms with E-state index in [2.05, 4.69) is 41.0 Å². The lowest BCUT2D eigenvalue weighted by atomic mass is 9.65. The molecule has 2 bridgehead atoms. The molecule has 8 heteroatoms. The van der Waals surface area contributed by atoms with Crippen molar-refractivity contribution in [1.82, 2.24) is 9.97 Å². The first-order valence-corrected chi connectivity index (χ1v) is 10.2. The normalized spacial score (nSPS) is 25.1. The first kappa shape index (κ1) is 19.9. The molecule has 2 atom stereocenters. The molecule has 7 nitrogen and oxygen atoms in total. The summed E-state index contributed by atoms with van der Waals surface area (Å²) in [5.41, 5.74) is 1.89. The molecule has 4 rings (SSSR count). The van der Waals surface area contributed by atoms with Crippen LogP contribution in [-0.2, 0) is 0 Å². The molecule has 1 saturated heterocycles. The quantitative estimate of drug-likeness (QED) is 0.524. The second-order valence-corrected chi connectivity index (χ2v) is 10.0. The van der Waals surface area contributed by atoms with Crippen LogP contribution in [0.15, 0.2) is 24.5 Å². The summed E-state index contributed by atoms with van der Waals surface area (Å²) in [5.74, 6) is 0.592. The lowest BCUT2D eigenvalue weighted by molar-refractivity contribution is -0.383. The summed E-state index contributed by atoms with van der Waals surface area (Å²) in [5, 5.41) is 15.7. The summed E-state index contributed by atoms with van der Waals surface area (Å²) in [6.07, 6.45) is 4.55. The van der Waals surface area contributed by atoms with Crippen molar-refractivity contribution in [3.05, 3.63) is 45.2 Å². The zero-order valence-electron chi connectivity index (χ0n) is 17.2. The van der Waals surface area contributed by atoms with Crippen molar-refractivity contribution in [1.29, 1.82) is 0 Å². The molecule has 2 aromatic rings. The topological polar surface area (TPSA) is 84.2 Å². The number of rotatable bonds is 4. The Balaban J connectivity index is 1.75. The van der Waals surface area contributed by atoms with Gasteiger partial charge in [-0.2, -0.15) is 0 Å². The number of fused-ring (bicyclic) bond motifs is 2. The van der Waals surface area contributed by atoms with Gasteiger partial charge < -0.3 is 10.2 Å². The van der Waals surface area contributed by atoms with E-state index in [0.29, 0.717) is 16.5 Å². The zero-order chi connectivity index (χ0) is 21.0. The fourth-order valence-corrected chi connectivity index (χ4v) is 5.58. The summed E-state index contributed by atoms with van der Waals surface area (Å²) >= 11 is 6.11. The Hall–Kier alpha value is -2.41. The number of aromatic nitrogens is 2. The molecule has 1 aromatic heterocycles. The Kier molecular flexibility index (Phi) is 4.69. The standard InChI is InChI=1S/C21H26ClN5O2/c1-13-5-6-14(22)7-16(13)25-18-17(27(28)29)19(24-12-23-18)26-11-21(4)9-15(26)8-20(2,3)10-21/h5-7,12,15H,8-11H2,1-4H3,(H,23,24,25). The van der Waals surface area contributed by atoms with Gasteiger partial charge in [-0.15, -0.1) is 0 Å². The van der Waals surface area contributed by atoms with Gasteiger partial charge in [-0.25, -0.2) is 9.97 Å². The van der Waals surface area contributed by atoms with E-state index in [9.17, 15) is 10.1 Å². The van der Waals surface area contributed by atoms with E-state index in [1.54, 1.807) is 12.1 Å². The van der Waals surface area contributed by atoms with Crippen molar-refractivity contribution in [3.63, 3.8) is 0 Å². The van der Waals surface area contributed by atoms with Crippen molar-refractivity contribution in [2.75, 3.05) is 16.8 Å². The lowest BCUT2D eigenvalue weighted by Crippen LogP contribution is -2.35. The van der Waals surface area contributed by atoms with Gasteiger partial charge in [0, 0.05) is 23.3 Å². The molecule has 2 unspecified atom stereocenters. The maximum absolute atomic E-state index is 12.1. The molecule has 0 radical (unpaired) electrons. The molecule has 2 aliphatic rings. The molecule has 1 N–H and O–H groups in total. The number of nitrogens with zero attached hydrogens (tertiary/aromatic N) is 4. The number of hydrogen-bond acceptors (Lipinski definition) is 6. The number of benzene rings is 1. The van der Waals surface area contributed by atoms with Crippen LogP contribution in [-0.4, -0.2) is 27.5 Å². The third-order valence-corrected chi connectivity index (χ3v) is 6.36. The van der Waals surface area contributed by atoms with E-state index >= 15 is 0 Å². The smallest absolute Gasteiger partial charge is 0.347 e. The predicted octanol–water partition coefficient (Wildman–Crippen LogP) is 5.50. The summed E-state index contributed by atoms with van der Waals surface area (Å²) in [7, 11) is 0. The second kappa shape index (κ2) is 6.83. The minimum absolute atomic E-state index is 0.0826. The van der Waals surface area contributed by atoms with Crippen LogP contribution in [0, 0.1) is 27.9 Å². The second-order valence-electron chi connectivity index (χ2n) is 9.58. The molecule has 0 spiro atoms. The van der Waals surface area contributed by atoms with E-state index in [1.165, 1.54) is 6.33 Å². The van der Waals surface area contributed by atoms with E-state index in [4.69, 9.17) is 11.6 Å². The van der Waals surface area contributed by atoms with E-state index < -0.39 is 0 Å². The summed E-state index contributed by atoms with van der Waals surface area (Å²) < 4.78 is 0. The van der Waals surface area contributed by atoms with E-state index in [0.717, 1.165) is 31.4 Å². The summed E-state index contributed by atoms with van der Waals surface area (Å²) in [6, 6.07) is 5.65. The Bertz CT molecular complexity index is 980. The molecule has 1 saturated carbocycles. The van der Waals surface area contributed by atoms with Crippen molar-refractivity contribution in [2.45, 2.75) is 53.0 Å². The van der Waals surface area contributed by atoms with Gasteiger partial charge >= 0.3 is 5.69 Å². The van der Waals surface area contributed by atoms with Crippen LogP contribution in [0.5, 0.6) is 0 Å². The fraction of sp³-hybridized carbons (Fsp3) is 0.524. The van der Waals surface area contributed by atoms with Gasteiger partial charge in [-0.3, -0.25) is 10.1 Å². The number of nitrogens with one attached hydrogen (secondary N) is 1. The van der Waals surface area contributed by atoms with Crippen LogP contribution in [0.25, 0.3) is 0 Å². The van der Waals surface area contributed by atoms with Gasteiger partial charge in [0.15, 0.2) is 0 Å². The SMILES string of the molecule is Cc1ccc(Cl)cc1Nc1ncnc(N2CC3(C)CC2CC(C)(C)C3)c1[N+](=O)[O-]. The zero-order valence-corrected chi connectivity index (χ0v) is 18.0. The van der Waals surface area contributed by atoms with Crippen molar-refractivity contribution in [3.8, 4) is 0 Å². The Morgan fingerprint density at radius 3 is 2.76 bits per heavy atom. The van der Waals surface area contributed by atoms with Crippen LogP contribution >= 0.6 is 11.6 Å². The van der Waals surface area contributed by atoms with Crippen LogP contribution in [0.3, 0.4) is 0 Å². The van der Waals surface area contributed by atoms with Crippen LogP contribution < -0.4 is 10.2 Å².